The van der Waals surface area contributed by atoms with Crippen LogP contribution in [0.5, 0.6) is 5.75 Å². The Kier molecular flexibility index (Phi) is 7.38. The number of carbonyl (C=O) groups is 1. The first-order valence-corrected chi connectivity index (χ1v) is 12.3. The van der Waals surface area contributed by atoms with Gasteiger partial charge in [-0.15, -0.1) is 0 Å². The van der Waals surface area contributed by atoms with Crippen LogP contribution in [-0.2, 0) is 14.8 Å². The van der Waals surface area contributed by atoms with Crippen molar-refractivity contribution in [2.24, 2.45) is 0 Å². The molecule has 1 heterocycles. The van der Waals surface area contributed by atoms with Crippen LogP contribution < -0.4 is 10.1 Å². The zero-order valence-electron chi connectivity index (χ0n) is 18.5. The molecule has 0 aromatic heterocycles. The van der Waals surface area contributed by atoms with Crippen LogP contribution in [-0.4, -0.2) is 37.8 Å². The first-order chi connectivity index (χ1) is 14.8. The Hall–Kier alpha value is -2.38. The van der Waals surface area contributed by atoms with E-state index < -0.39 is 10.0 Å². The number of rotatable bonds is 9. The van der Waals surface area contributed by atoms with Gasteiger partial charge in [0, 0.05) is 32.0 Å². The number of nitrogens with one attached hydrogen (secondary N) is 1. The largest absolute Gasteiger partial charge is 0.487 e. The van der Waals surface area contributed by atoms with E-state index in [1.165, 1.54) is 4.31 Å². The Morgan fingerprint density at radius 1 is 1.10 bits per heavy atom. The summed E-state index contributed by atoms with van der Waals surface area (Å²) in [5.41, 5.74) is 0.716. The second-order valence-corrected chi connectivity index (χ2v) is 10.1. The van der Waals surface area contributed by atoms with E-state index in [0.717, 1.165) is 30.6 Å². The fourth-order valence-electron chi connectivity index (χ4n) is 4.05. The summed E-state index contributed by atoms with van der Waals surface area (Å²) < 4.78 is 32.8. The highest BCUT2D eigenvalue weighted by molar-refractivity contribution is 7.89. The third kappa shape index (κ3) is 5.28. The number of fused-ring (bicyclic) bond motifs is 1. The highest BCUT2D eigenvalue weighted by Gasteiger charge is 2.38. The summed E-state index contributed by atoms with van der Waals surface area (Å²) in [5, 5.41) is 3.16. The lowest BCUT2D eigenvalue weighted by Gasteiger charge is -2.41. The van der Waals surface area contributed by atoms with Gasteiger partial charge in [-0.25, -0.2) is 12.7 Å². The molecule has 0 unspecified atom stereocenters. The van der Waals surface area contributed by atoms with Crippen LogP contribution in [0.15, 0.2) is 59.5 Å². The van der Waals surface area contributed by atoms with Crippen LogP contribution in [0.1, 0.15) is 57.6 Å². The zero-order chi connectivity index (χ0) is 22.5. The van der Waals surface area contributed by atoms with Crippen LogP contribution >= 0.6 is 0 Å². The Morgan fingerprint density at radius 3 is 2.42 bits per heavy atom. The predicted octanol–water partition coefficient (Wildman–Crippen LogP) is 4.29. The van der Waals surface area contributed by atoms with E-state index in [-0.39, 0.29) is 35.4 Å². The van der Waals surface area contributed by atoms with Gasteiger partial charge >= 0.3 is 0 Å². The molecule has 0 bridgehead atoms. The van der Waals surface area contributed by atoms with Crippen LogP contribution in [0.4, 0.5) is 0 Å². The van der Waals surface area contributed by atoms with Gasteiger partial charge in [0.2, 0.25) is 15.9 Å². The number of amides is 1. The summed E-state index contributed by atoms with van der Waals surface area (Å²) in [4.78, 5) is 13.0. The normalized spacial score (nSPS) is 17.6. The molecule has 1 aliphatic rings. The predicted molar refractivity (Wildman–Crippen MR) is 121 cm³/mol. The SMILES string of the molecule is CCC1(CC)C[C@@H](NC(=O)CCCN(C)S(=O)(=O)c2ccccc2)c2ccccc2O1. The number of ether oxygens (including phenoxy) is 1. The standard InChI is InChI=1S/C24H32N2O4S/c1-4-24(5-2)18-21(20-14-9-10-15-22(20)30-24)25-23(27)16-11-17-26(3)31(28,29)19-12-7-6-8-13-19/h6-10,12-15,21H,4-5,11,16-18H2,1-3H3,(H,25,27)/t21-/m1/s1. The maximum Gasteiger partial charge on any atom is 0.242 e. The van der Waals surface area contributed by atoms with Gasteiger partial charge in [0.15, 0.2) is 0 Å². The summed E-state index contributed by atoms with van der Waals surface area (Å²) in [6.07, 6.45) is 3.18. The van der Waals surface area contributed by atoms with E-state index in [9.17, 15) is 13.2 Å². The van der Waals surface area contributed by atoms with Gasteiger partial charge < -0.3 is 10.1 Å². The second kappa shape index (κ2) is 9.83. The van der Waals surface area contributed by atoms with Gasteiger partial charge in [0.05, 0.1) is 10.9 Å². The topological polar surface area (TPSA) is 75.7 Å². The lowest BCUT2D eigenvalue weighted by Crippen LogP contribution is -2.44. The molecule has 0 radical (unpaired) electrons. The van der Waals surface area contributed by atoms with E-state index in [1.54, 1.807) is 37.4 Å². The fourth-order valence-corrected chi connectivity index (χ4v) is 5.28. The Morgan fingerprint density at radius 2 is 1.74 bits per heavy atom. The van der Waals surface area contributed by atoms with Crippen LogP contribution in [0.25, 0.3) is 0 Å². The number of benzene rings is 2. The average Bonchev–Trinajstić information content (AvgIpc) is 2.79. The molecule has 1 amide bonds. The highest BCUT2D eigenvalue weighted by atomic mass is 32.2. The van der Waals surface area contributed by atoms with E-state index in [4.69, 9.17) is 4.74 Å². The van der Waals surface area contributed by atoms with Gasteiger partial charge in [0.1, 0.15) is 11.4 Å². The number of sulfonamides is 1. The summed E-state index contributed by atoms with van der Waals surface area (Å²) in [7, 11) is -1.99. The number of hydrogen-bond acceptors (Lipinski definition) is 4. The molecule has 0 spiro atoms. The molecule has 0 fully saturated rings. The molecular formula is C24H32N2O4S. The Balaban J connectivity index is 1.59. The van der Waals surface area contributed by atoms with Crippen molar-refractivity contribution < 1.29 is 17.9 Å². The molecule has 2 aromatic carbocycles. The van der Waals surface area contributed by atoms with Crippen molar-refractivity contribution in [2.45, 2.75) is 62.5 Å². The second-order valence-electron chi connectivity index (χ2n) is 8.10. The smallest absolute Gasteiger partial charge is 0.242 e. The molecule has 0 saturated heterocycles. The van der Waals surface area contributed by atoms with Gasteiger partial charge in [0.25, 0.3) is 0 Å². The fraction of sp³-hybridized carbons (Fsp3) is 0.458. The number of nitrogens with zero attached hydrogens (tertiary/aromatic N) is 1. The lowest BCUT2D eigenvalue weighted by molar-refractivity contribution is -0.122. The maximum absolute atomic E-state index is 12.7. The van der Waals surface area contributed by atoms with Crippen LogP contribution in [0.3, 0.4) is 0 Å². The summed E-state index contributed by atoms with van der Waals surface area (Å²) >= 11 is 0. The molecule has 31 heavy (non-hydrogen) atoms. The van der Waals surface area contributed by atoms with Crippen molar-refractivity contribution in [2.75, 3.05) is 13.6 Å². The summed E-state index contributed by atoms with van der Waals surface area (Å²) in [6.45, 7) is 4.50. The molecule has 168 valence electrons. The number of para-hydroxylation sites is 1. The molecule has 1 N–H and O–H groups in total. The molecule has 2 aromatic rings. The molecule has 0 saturated carbocycles. The monoisotopic (exact) mass is 444 g/mol. The van der Waals surface area contributed by atoms with E-state index >= 15 is 0 Å². The summed E-state index contributed by atoms with van der Waals surface area (Å²) in [6, 6.07) is 16.1. The van der Waals surface area contributed by atoms with Gasteiger partial charge in [-0.2, -0.15) is 0 Å². The van der Waals surface area contributed by atoms with E-state index in [0.29, 0.717) is 6.42 Å². The minimum absolute atomic E-state index is 0.0756. The minimum atomic E-state index is -3.54. The third-order valence-electron chi connectivity index (χ3n) is 6.15. The quantitative estimate of drug-likeness (QED) is 0.626. The number of hydrogen-bond donors (Lipinski definition) is 1. The molecule has 1 aliphatic heterocycles. The molecule has 3 rings (SSSR count). The third-order valence-corrected chi connectivity index (χ3v) is 8.02. The van der Waals surface area contributed by atoms with Crippen molar-refractivity contribution in [1.29, 1.82) is 0 Å². The van der Waals surface area contributed by atoms with Crippen LogP contribution in [0, 0.1) is 0 Å². The van der Waals surface area contributed by atoms with Gasteiger partial charge in [-0.1, -0.05) is 50.2 Å². The van der Waals surface area contributed by atoms with Crippen molar-refractivity contribution in [1.82, 2.24) is 9.62 Å². The summed E-state index contributed by atoms with van der Waals surface area (Å²) in [5.74, 6) is 0.754. The van der Waals surface area contributed by atoms with Gasteiger partial charge in [-0.3, -0.25) is 4.79 Å². The van der Waals surface area contributed by atoms with Crippen LogP contribution in [0.2, 0.25) is 0 Å². The van der Waals surface area contributed by atoms with Crippen molar-refractivity contribution in [3.05, 3.63) is 60.2 Å². The van der Waals surface area contributed by atoms with E-state index in [2.05, 4.69) is 19.2 Å². The van der Waals surface area contributed by atoms with Crippen molar-refractivity contribution in [3.63, 3.8) is 0 Å². The first kappa shape index (κ1) is 23.3. The number of carbonyl (C=O) groups excluding carboxylic acids is 1. The average molecular weight is 445 g/mol. The molecule has 0 aliphatic carbocycles. The molecule has 1 atom stereocenters. The Labute approximate surface area is 185 Å². The van der Waals surface area contributed by atoms with Crippen molar-refractivity contribution >= 4 is 15.9 Å². The molecule has 6 nitrogen and oxygen atoms in total. The Bertz CT molecular complexity index is 988. The van der Waals surface area contributed by atoms with E-state index in [1.807, 2.05) is 24.3 Å². The molecule has 7 heteroatoms. The first-order valence-electron chi connectivity index (χ1n) is 10.9. The zero-order valence-corrected chi connectivity index (χ0v) is 19.3. The maximum atomic E-state index is 12.7. The van der Waals surface area contributed by atoms with Crippen molar-refractivity contribution in [3.8, 4) is 5.75 Å². The minimum Gasteiger partial charge on any atom is -0.487 e. The molecular weight excluding hydrogens is 412 g/mol. The highest BCUT2D eigenvalue weighted by Crippen LogP contribution is 2.42. The van der Waals surface area contributed by atoms with Gasteiger partial charge in [-0.05, 0) is 37.5 Å². The lowest BCUT2D eigenvalue weighted by atomic mass is 9.83.